The number of hydrogen-bond donors (Lipinski definition) is 0. The van der Waals surface area contributed by atoms with Crippen molar-refractivity contribution in [3.05, 3.63) is 28.8 Å². The molecule has 0 spiro atoms. The summed E-state index contributed by atoms with van der Waals surface area (Å²) in [5.41, 5.74) is 1.86. The highest BCUT2D eigenvalue weighted by molar-refractivity contribution is 6.30. The first kappa shape index (κ1) is 15.2. The van der Waals surface area contributed by atoms with E-state index in [9.17, 15) is 4.79 Å². The van der Waals surface area contributed by atoms with Gasteiger partial charge in [0.05, 0.1) is 12.3 Å². The molecule has 1 amide bonds. The van der Waals surface area contributed by atoms with Gasteiger partial charge in [0, 0.05) is 23.6 Å². The van der Waals surface area contributed by atoms with Crippen LogP contribution in [0.1, 0.15) is 25.8 Å². The van der Waals surface area contributed by atoms with Crippen LogP contribution in [0.3, 0.4) is 0 Å². The molecule has 0 saturated heterocycles. The predicted molar refractivity (Wildman–Crippen MR) is 84.1 cm³/mol. The van der Waals surface area contributed by atoms with Gasteiger partial charge in [-0.3, -0.25) is 4.79 Å². The fourth-order valence-electron chi connectivity index (χ4n) is 2.62. The van der Waals surface area contributed by atoms with Gasteiger partial charge in [0.15, 0.2) is 0 Å². The Bertz CT molecular complexity index is 615. The second kappa shape index (κ2) is 6.16. The molecule has 2 aliphatic heterocycles. The van der Waals surface area contributed by atoms with E-state index in [4.69, 9.17) is 21.2 Å². The Balaban J connectivity index is 1.72. The van der Waals surface area contributed by atoms with Gasteiger partial charge in [0.2, 0.25) is 6.10 Å². The molecule has 2 aliphatic rings. The lowest BCUT2D eigenvalue weighted by atomic mass is 10.0. The molecule has 1 atom stereocenters. The lowest BCUT2D eigenvalue weighted by molar-refractivity contribution is -0.142. The van der Waals surface area contributed by atoms with Crippen molar-refractivity contribution >= 4 is 23.2 Å². The van der Waals surface area contributed by atoms with E-state index in [1.54, 1.807) is 11.0 Å². The fraction of sp³-hybridized carbons (Fsp3) is 0.500. The van der Waals surface area contributed by atoms with Gasteiger partial charge >= 0.3 is 0 Å². The van der Waals surface area contributed by atoms with Crippen LogP contribution in [-0.4, -0.2) is 35.8 Å². The number of carbonyl (C=O) groups is 1. The molecule has 0 N–H and O–H groups in total. The third kappa shape index (κ3) is 3.04. The number of nitrogens with zero attached hydrogens (tertiary/aromatic N) is 2. The maximum absolute atomic E-state index is 12.7. The average molecular weight is 323 g/mol. The van der Waals surface area contributed by atoms with Crippen LogP contribution in [0.15, 0.2) is 23.4 Å². The van der Waals surface area contributed by atoms with E-state index >= 15 is 0 Å². The largest absolute Gasteiger partial charge is 0.491 e. The minimum absolute atomic E-state index is 0.0455. The van der Waals surface area contributed by atoms with E-state index in [2.05, 4.69) is 5.16 Å². The Morgan fingerprint density at radius 3 is 3.00 bits per heavy atom. The van der Waals surface area contributed by atoms with Gasteiger partial charge in [-0.2, -0.15) is 0 Å². The summed E-state index contributed by atoms with van der Waals surface area (Å²) in [6, 6.07) is 5.48. The van der Waals surface area contributed by atoms with Gasteiger partial charge < -0.3 is 14.5 Å². The number of carbonyl (C=O) groups excluding carboxylic acids is 1. The number of oxime groups is 1. The van der Waals surface area contributed by atoms with E-state index in [1.165, 1.54) is 0 Å². The van der Waals surface area contributed by atoms with Gasteiger partial charge in [-0.05, 0) is 24.1 Å². The van der Waals surface area contributed by atoms with Crippen molar-refractivity contribution in [2.24, 2.45) is 11.1 Å². The van der Waals surface area contributed by atoms with Gasteiger partial charge in [0.25, 0.3) is 5.91 Å². The van der Waals surface area contributed by atoms with Crippen LogP contribution in [0.2, 0.25) is 5.02 Å². The summed E-state index contributed by atoms with van der Waals surface area (Å²) < 4.78 is 5.68. The van der Waals surface area contributed by atoms with Crippen molar-refractivity contribution in [2.75, 3.05) is 13.2 Å². The van der Waals surface area contributed by atoms with Crippen LogP contribution in [0.4, 0.5) is 0 Å². The second-order valence-electron chi connectivity index (χ2n) is 5.90. The zero-order chi connectivity index (χ0) is 15.7. The topological polar surface area (TPSA) is 51.1 Å². The first-order valence-corrected chi connectivity index (χ1v) is 7.85. The molecule has 5 nitrogen and oxygen atoms in total. The van der Waals surface area contributed by atoms with Crippen molar-refractivity contribution in [3.8, 4) is 5.75 Å². The van der Waals surface area contributed by atoms with Crippen LogP contribution in [-0.2, 0) is 16.2 Å². The lowest BCUT2D eigenvalue weighted by Gasteiger charge is -2.22. The Morgan fingerprint density at radius 1 is 1.45 bits per heavy atom. The number of fused-ring (bicyclic) bond motifs is 1. The molecule has 1 aromatic rings. The van der Waals surface area contributed by atoms with Crippen LogP contribution in [0, 0.1) is 5.92 Å². The van der Waals surface area contributed by atoms with Crippen molar-refractivity contribution in [1.82, 2.24) is 4.90 Å². The summed E-state index contributed by atoms with van der Waals surface area (Å²) in [4.78, 5) is 19.7. The van der Waals surface area contributed by atoms with E-state index in [-0.39, 0.29) is 5.91 Å². The monoisotopic (exact) mass is 322 g/mol. The predicted octanol–water partition coefficient (Wildman–Crippen LogP) is 2.86. The normalized spacial score (nSPS) is 20.8. The van der Waals surface area contributed by atoms with E-state index < -0.39 is 6.10 Å². The Hall–Kier alpha value is -1.75. The Labute approximate surface area is 134 Å². The van der Waals surface area contributed by atoms with Crippen molar-refractivity contribution in [3.63, 3.8) is 0 Å². The SMILES string of the molecule is CC(C)C1=NO[C@H](C(=O)N2CCOc3ccc(Cl)cc3C2)C1. The number of hydrogen-bond acceptors (Lipinski definition) is 4. The maximum Gasteiger partial charge on any atom is 0.267 e. The third-order valence-electron chi connectivity index (χ3n) is 3.95. The standard InChI is InChI=1S/C16H19ClN2O3/c1-10(2)13-8-15(22-18-13)16(20)19-5-6-21-14-4-3-12(17)7-11(14)9-19/h3-4,7,10,15H,5-6,8-9H2,1-2H3/t15-/m0/s1. The summed E-state index contributed by atoms with van der Waals surface area (Å²) >= 11 is 6.04. The molecular formula is C16H19ClN2O3. The van der Waals surface area contributed by atoms with Crippen LogP contribution in [0.5, 0.6) is 5.75 Å². The first-order valence-electron chi connectivity index (χ1n) is 7.47. The number of amides is 1. The molecule has 0 aliphatic carbocycles. The molecule has 118 valence electrons. The summed E-state index contributed by atoms with van der Waals surface area (Å²) in [6.45, 7) is 5.57. The number of ether oxygens (including phenoxy) is 1. The van der Waals surface area contributed by atoms with Gasteiger partial charge in [-0.25, -0.2) is 0 Å². The van der Waals surface area contributed by atoms with Crippen LogP contribution in [0.25, 0.3) is 0 Å². The van der Waals surface area contributed by atoms with Crippen molar-refractivity contribution in [2.45, 2.75) is 32.9 Å². The number of benzene rings is 1. The highest BCUT2D eigenvalue weighted by Gasteiger charge is 2.33. The Kier molecular flexibility index (Phi) is 4.25. The van der Waals surface area contributed by atoms with E-state index in [0.717, 1.165) is 17.0 Å². The summed E-state index contributed by atoms with van der Waals surface area (Å²) in [5.74, 6) is 1.03. The molecule has 0 radical (unpaired) electrons. The van der Waals surface area contributed by atoms with Crippen molar-refractivity contribution in [1.29, 1.82) is 0 Å². The lowest BCUT2D eigenvalue weighted by Crippen LogP contribution is -2.40. The maximum atomic E-state index is 12.7. The summed E-state index contributed by atoms with van der Waals surface area (Å²) in [7, 11) is 0. The highest BCUT2D eigenvalue weighted by atomic mass is 35.5. The minimum atomic E-state index is -0.516. The quantitative estimate of drug-likeness (QED) is 0.841. The van der Waals surface area contributed by atoms with E-state index in [0.29, 0.717) is 37.1 Å². The minimum Gasteiger partial charge on any atom is -0.491 e. The second-order valence-corrected chi connectivity index (χ2v) is 6.33. The van der Waals surface area contributed by atoms with Crippen LogP contribution < -0.4 is 4.74 Å². The first-order chi connectivity index (χ1) is 10.5. The summed E-state index contributed by atoms with van der Waals surface area (Å²) in [6.07, 6.45) is 0.0501. The number of halogens is 1. The smallest absolute Gasteiger partial charge is 0.267 e. The molecule has 3 rings (SSSR count). The molecular weight excluding hydrogens is 304 g/mol. The molecule has 0 saturated carbocycles. The van der Waals surface area contributed by atoms with Crippen LogP contribution >= 0.6 is 11.6 Å². The third-order valence-corrected chi connectivity index (χ3v) is 4.18. The zero-order valence-corrected chi connectivity index (χ0v) is 13.5. The molecule has 2 heterocycles. The van der Waals surface area contributed by atoms with Gasteiger partial charge in [-0.15, -0.1) is 0 Å². The molecule has 22 heavy (non-hydrogen) atoms. The Morgan fingerprint density at radius 2 is 2.27 bits per heavy atom. The molecule has 0 fully saturated rings. The molecule has 6 heteroatoms. The summed E-state index contributed by atoms with van der Waals surface area (Å²) in [5, 5.41) is 4.67. The average Bonchev–Trinajstić information content (AvgIpc) is 2.88. The fourth-order valence-corrected chi connectivity index (χ4v) is 2.82. The molecule has 0 aromatic heterocycles. The van der Waals surface area contributed by atoms with E-state index in [1.807, 2.05) is 26.0 Å². The zero-order valence-electron chi connectivity index (χ0n) is 12.7. The highest BCUT2D eigenvalue weighted by Crippen LogP contribution is 2.27. The van der Waals surface area contributed by atoms with Gasteiger partial charge in [-0.1, -0.05) is 30.6 Å². The van der Waals surface area contributed by atoms with Gasteiger partial charge in [0.1, 0.15) is 12.4 Å². The molecule has 1 aromatic carbocycles. The number of rotatable bonds is 2. The molecule has 0 bridgehead atoms. The van der Waals surface area contributed by atoms with Crippen molar-refractivity contribution < 1.29 is 14.4 Å². The molecule has 0 unspecified atom stereocenters.